The van der Waals surface area contributed by atoms with Crippen molar-refractivity contribution in [2.45, 2.75) is 103 Å². The summed E-state index contributed by atoms with van der Waals surface area (Å²) in [6.07, 6.45) is 8.19. The van der Waals surface area contributed by atoms with Crippen molar-refractivity contribution in [2.75, 3.05) is 19.5 Å². The highest BCUT2D eigenvalue weighted by molar-refractivity contribution is 9.10. The number of nitrogens with one attached hydrogen (secondary N) is 2. The molecule has 2 aliphatic rings. The molecule has 4 N–H and O–H groups in total. The van der Waals surface area contributed by atoms with Gasteiger partial charge in [-0.15, -0.1) is 0 Å². The number of alkyl carbamates (subject to hydrolysis) is 1. The molecule has 46 heavy (non-hydrogen) atoms. The van der Waals surface area contributed by atoms with Crippen LogP contribution >= 0.6 is 15.9 Å². The van der Waals surface area contributed by atoms with Gasteiger partial charge >= 0.3 is 6.09 Å². The van der Waals surface area contributed by atoms with E-state index in [1.54, 1.807) is 25.3 Å². The Hall–Kier alpha value is -3.65. The van der Waals surface area contributed by atoms with Crippen molar-refractivity contribution in [2.24, 2.45) is 11.7 Å². The van der Waals surface area contributed by atoms with Gasteiger partial charge in [0, 0.05) is 42.4 Å². The highest BCUT2D eigenvalue weighted by Gasteiger charge is 2.23. The van der Waals surface area contributed by atoms with E-state index in [2.05, 4.69) is 33.5 Å². The Morgan fingerprint density at radius 1 is 0.848 bits per heavy atom. The van der Waals surface area contributed by atoms with Crippen LogP contribution in [0, 0.1) is 26.1 Å². The Kier molecular flexibility index (Phi) is 15.5. The van der Waals surface area contributed by atoms with E-state index >= 15 is 0 Å². The molecule has 0 atom stereocenters. The second-order valence-electron chi connectivity index (χ2n) is 12.6. The Labute approximate surface area is 279 Å². The molecule has 256 valence electrons. The number of nitro benzene ring substituents is 2. The molecule has 0 aliphatic heterocycles. The normalized spacial score (nSPS) is 20.8. The van der Waals surface area contributed by atoms with E-state index in [0.29, 0.717) is 28.1 Å². The summed E-state index contributed by atoms with van der Waals surface area (Å²) in [5.74, 6) is 2.02. The Morgan fingerprint density at radius 2 is 1.35 bits per heavy atom. The molecule has 2 saturated carbocycles. The van der Waals surface area contributed by atoms with E-state index in [4.69, 9.17) is 19.9 Å². The number of non-ortho nitro benzene ring substituents is 2. The standard InChI is InChI=1S/C14H20N2O3.C11H22N2O2.C7H6BrNO3/c1-10-3-5-11(6-4-10)15-13-9-12(16(17)18)7-8-14(13)19-2;1-11(2,3)15-10(14)13-9-6-4-8(12)5-7-9;1-12-7-3-2-5(9(10)11)4-6(7)8/h7-11,15H,3-6H2,1-2H3;8-9H,4-7,12H2,1-3H3,(H,13,14);2-4H,1H3. The minimum Gasteiger partial charge on any atom is -0.496 e. The molecule has 0 aromatic heterocycles. The number of carbonyl (C=O) groups is 1. The third kappa shape index (κ3) is 13.8. The van der Waals surface area contributed by atoms with E-state index in [9.17, 15) is 25.0 Å². The molecule has 2 aliphatic carbocycles. The molecular weight excluding hydrogens is 662 g/mol. The van der Waals surface area contributed by atoms with E-state index < -0.39 is 10.5 Å². The number of benzene rings is 2. The molecule has 0 saturated heterocycles. The number of methoxy groups -OCH3 is 2. The van der Waals surface area contributed by atoms with Crippen molar-refractivity contribution in [3.63, 3.8) is 0 Å². The highest BCUT2D eigenvalue weighted by Crippen LogP contribution is 2.33. The summed E-state index contributed by atoms with van der Waals surface area (Å²) >= 11 is 3.15. The van der Waals surface area contributed by atoms with Crippen molar-refractivity contribution < 1.29 is 28.9 Å². The number of hydrogen-bond donors (Lipinski definition) is 3. The lowest BCUT2D eigenvalue weighted by atomic mass is 9.87. The summed E-state index contributed by atoms with van der Waals surface area (Å²) in [5, 5.41) is 27.4. The number of ether oxygens (including phenoxy) is 3. The molecule has 0 heterocycles. The molecule has 4 rings (SSSR count). The maximum Gasteiger partial charge on any atom is 0.407 e. The smallest absolute Gasteiger partial charge is 0.407 e. The van der Waals surface area contributed by atoms with Gasteiger partial charge < -0.3 is 30.6 Å². The first-order valence-corrected chi connectivity index (χ1v) is 16.2. The average Bonchev–Trinajstić information content (AvgIpc) is 2.99. The SMILES string of the molecule is CC(C)(C)OC(=O)NC1CCC(N)CC1.COc1ccc([N+](=O)[O-])cc1Br.COc1ccc([N+](=O)[O-])cc1NC1CCC(C)CC1. The van der Waals surface area contributed by atoms with Crippen LogP contribution in [0.25, 0.3) is 0 Å². The second kappa shape index (κ2) is 18.5. The molecule has 0 bridgehead atoms. The van der Waals surface area contributed by atoms with Gasteiger partial charge in [0.25, 0.3) is 11.4 Å². The summed E-state index contributed by atoms with van der Waals surface area (Å²) in [5.41, 5.74) is 6.22. The third-order valence-electron chi connectivity index (χ3n) is 7.61. The minimum atomic E-state index is -0.454. The number of nitrogens with two attached hydrogens (primary N) is 1. The van der Waals surface area contributed by atoms with Crippen LogP contribution < -0.4 is 25.8 Å². The summed E-state index contributed by atoms with van der Waals surface area (Å²) in [4.78, 5) is 31.7. The van der Waals surface area contributed by atoms with Gasteiger partial charge in [-0.2, -0.15) is 0 Å². The number of nitrogens with zero attached hydrogens (tertiary/aromatic N) is 2. The van der Waals surface area contributed by atoms with Crippen LogP contribution in [0.5, 0.6) is 11.5 Å². The summed E-state index contributed by atoms with van der Waals surface area (Å²) in [7, 11) is 3.08. The number of hydrogen-bond acceptors (Lipinski definition) is 10. The second-order valence-corrected chi connectivity index (χ2v) is 13.4. The zero-order chi connectivity index (χ0) is 34.4. The summed E-state index contributed by atoms with van der Waals surface area (Å²) < 4.78 is 15.9. The van der Waals surface area contributed by atoms with Gasteiger partial charge in [0.1, 0.15) is 17.1 Å². The Morgan fingerprint density at radius 3 is 1.83 bits per heavy atom. The number of anilines is 1. The first-order valence-electron chi connectivity index (χ1n) is 15.4. The fourth-order valence-electron chi connectivity index (χ4n) is 5.05. The molecule has 0 radical (unpaired) electrons. The van der Waals surface area contributed by atoms with Gasteiger partial charge in [0.2, 0.25) is 0 Å². The fourth-order valence-corrected chi connectivity index (χ4v) is 5.58. The van der Waals surface area contributed by atoms with Crippen LogP contribution in [0.2, 0.25) is 0 Å². The van der Waals surface area contributed by atoms with Gasteiger partial charge in [-0.05, 0) is 106 Å². The van der Waals surface area contributed by atoms with E-state index in [-0.39, 0.29) is 28.4 Å². The maximum atomic E-state index is 11.4. The van der Waals surface area contributed by atoms with Crippen LogP contribution in [-0.2, 0) is 4.74 Å². The third-order valence-corrected chi connectivity index (χ3v) is 8.23. The molecule has 0 unspecified atom stereocenters. The molecule has 2 fully saturated rings. The maximum absolute atomic E-state index is 11.4. The molecule has 0 spiro atoms. The first-order chi connectivity index (χ1) is 21.6. The zero-order valence-corrected chi connectivity index (χ0v) is 29.1. The Balaban J connectivity index is 0.000000247. The molecule has 2 aromatic carbocycles. The minimum absolute atomic E-state index is 0.0441. The number of carbonyl (C=O) groups excluding carboxylic acids is 1. The highest BCUT2D eigenvalue weighted by atomic mass is 79.9. The summed E-state index contributed by atoms with van der Waals surface area (Å²) in [6.45, 7) is 7.86. The van der Waals surface area contributed by atoms with Crippen LogP contribution in [0.3, 0.4) is 0 Å². The lowest BCUT2D eigenvalue weighted by Gasteiger charge is -2.28. The van der Waals surface area contributed by atoms with Crippen molar-refractivity contribution in [1.82, 2.24) is 5.32 Å². The predicted molar refractivity (Wildman–Crippen MR) is 182 cm³/mol. The average molecular weight is 711 g/mol. The largest absolute Gasteiger partial charge is 0.496 e. The molecule has 14 heteroatoms. The van der Waals surface area contributed by atoms with Gasteiger partial charge in [-0.1, -0.05) is 6.92 Å². The summed E-state index contributed by atoms with van der Waals surface area (Å²) in [6, 6.07) is 9.92. The van der Waals surface area contributed by atoms with E-state index in [1.165, 1.54) is 38.2 Å². The van der Waals surface area contributed by atoms with Crippen LogP contribution in [0.1, 0.15) is 79.1 Å². The number of amides is 1. The molecule has 2 aromatic rings. The van der Waals surface area contributed by atoms with Crippen molar-refractivity contribution in [1.29, 1.82) is 0 Å². The molecule has 1 amide bonds. The van der Waals surface area contributed by atoms with Crippen LogP contribution in [-0.4, -0.2) is 53.9 Å². The topological polar surface area (TPSA) is 181 Å². The molecular formula is C32H48BrN5O8. The predicted octanol–water partition coefficient (Wildman–Crippen LogP) is 7.74. The van der Waals surface area contributed by atoms with Gasteiger partial charge in [-0.3, -0.25) is 20.2 Å². The van der Waals surface area contributed by atoms with E-state index in [0.717, 1.165) is 50.1 Å². The fraction of sp³-hybridized carbons (Fsp3) is 0.594. The number of rotatable bonds is 7. The van der Waals surface area contributed by atoms with Gasteiger partial charge in [-0.25, -0.2) is 4.79 Å². The lowest BCUT2D eigenvalue weighted by Crippen LogP contribution is -2.42. The van der Waals surface area contributed by atoms with Gasteiger partial charge in [0.15, 0.2) is 0 Å². The van der Waals surface area contributed by atoms with Crippen molar-refractivity contribution >= 4 is 39.1 Å². The van der Waals surface area contributed by atoms with Crippen LogP contribution in [0.15, 0.2) is 40.9 Å². The molecule has 13 nitrogen and oxygen atoms in total. The first kappa shape index (κ1) is 38.5. The number of halogens is 1. The van der Waals surface area contributed by atoms with Crippen LogP contribution in [0.4, 0.5) is 21.9 Å². The lowest BCUT2D eigenvalue weighted by molar-refractivity contribution is -0.385. The van der Waals surface area contributed by atoms with Crippen molar-refractivity contribution in [3.8, 4) is 11.5 Å². The van der Waals surface area contributed by atoms with Crippen molar-refractivity contribution in [3.05, 3.63) is 61.1 Å². The quantitative estimate of drug-likeness (QED) is 0.190. The van der Waals surface area contributed by atoms with E-state index in [1.807, 2.05) is 20.8 Å². The monoisotopic (exact) mass is 709 g/mol. The zero-order valence-electron chi connectivity index (χ0n) is 27.5. The number of nitro groups is 2. The Bertz CT molecular complexity index is 1290. The van der Waals surface area contributed by atoms with Gasteiger partial charge in [0.05, 0.1) is 34.2 Å².